The monoisotopic (exact) mass is 691 g/mol. The second kappa shape index (κ2) is 16.6. The Balaban J connectivity index is 1.40. The summed E-state index contributed by atoms with van der Waals surface area (Å²) in [5.74, 6) is -2.86. The molecule has 256 valence electrons. The number of hydrogen-bond acceptors (Lipinski definition) is 8. The van der Waals surface area contributed by atoms with E-state index in [-0.39, 0.29) is 38.0 Å². The number of benzene rings is 4. The molecule has 0 aliphatic carbocycles. The summed E-state index contributed by atoms with van der Waals surface area (Å²) in [6.07, 6.45) is 0.420. The van der Waals surface area contributed by atoms with Crippen LogP contribution in [-0.4, -0.2) is 68.1 Å². The number of nitrogens with one attached hydrogen (secondary N) is 2. The smallest absolute Gasteiger partial charge is 0.326 e. The number of phenols is 1. The molecule has 1 aliphatic rings. The molecular weight excluding hydrogens is 655 g/mol. The van der Waals surface area contributed by atoms with Crippen molar-refractivity contribution < 1.29 is 29.4 Å². The van der Waals surface area contributed by atoms with Crippen molar-refractivity contribution in [3.63, 3.8) is 0 Å². The summed E-state index contributed by atoms with van der Waals surface area (Å²) >= 11 is 4.68. The van der Waals surface area contributed by atoms with Crippen molar-refractivity contribution >= 4 is 46.8 Å². The van der Waals surface area contributed by atoms with Crippen molar-refractivity contribution in [1.29, 1.82) is 0 Å². The molecule has 0 aromatic heterocycles. The zero-order chi connectivity index (χ0) is 35.6. The third kappa shape index (κ3) is 9.26. The van der Waals surface area contributed by atoms with Gasteiger partial charge in [-0.25, -0.2) is 4.79 Å². The summed E-state index contributed by atoms with van der Waals surface area (Å²) in [6.45, 7) is 0.132. The number of carbonyl (C=O) groups is 4. The van der Waals surface area contributed by atoms with E-state index in [1.54, 1.807) is 60.7 Å². The van der Waals surface area contributed by atoms with Crippen molar-refractivity contribution in [3.8, 4) is 5.75 Å². The fourth-order valence-corrected chi connectivity index (χ4v) is 6.07. The number of carboxylic acid groups (broad SMARTS) is 1. The Morgan fingerprint density at radius 2 is 1.38 bits per heavy atom. The Morgan fingerprint density at radius 1 is 0.800 bits per heavy atom. The van der Waals surface area contributed by atoms with Gasteiger partial charge in [0, 0.05) is 25.8 Å². The predicted molar refractivity (Wildman–Crippen MR) is 191 cm³/mol. The highest BCUT2D eigenvalue weighted by molar-refractivity contribution is 7.78. The van der Waals surface area contributed by atoms with Crippen LogP contribution in [-0.2, 0) is 51.4 Å². The number of amides is 3. The van der Waals surface area contributed by atoms with Crippen LogP contribution in [0.5, 0.6) is 5.75 Å². The largest absolute Gasteiger partial charge is 0.508 e. The molecule has 0 saturated carbocycles. The Hall–Kier alpha value is -5.68. The molecule has 6 N–H and O–H groups in total. The van der Waals surface area contributed by atoms with Crippen molar-refractivity contribution in [2.75, 3.05) is 0 Å². The minimum atomic E-state index is -1.26. The zero-order valence-corrected chi connectivity index (χ0v) is 27.9. The average molecular weight is 692 g/mol. The number of isothiocyanates is 1. The van der Waals surface area contributed by atoms with Crippen LogP contribution in [0.3, 0.4) is 0 Å². The van der Waals surface area contributed by atoms with E-state index in [0.717, 1.165) is 16.7 Å². The first kappa shape index (κ1) is 35.6. The molecule has 5 rings (SSSR count). The van der Waals surface area contributed by atoms with Crippen molar-refractivity contribution in [2.24, 2.45) is 10.7 Å². The molecule has 3 amide bonds. The molecule has 4 atom stereocenters. The molecule has 0 bridgehead atoms. The first-order valence-electron chi connectivity index (χ1n) is 16.1. The van der Waals surface area contributed by atoms with Gasteiger partial charge < -0.3 is 31.5 Å². The van der Waals surface area contributed by atoms with Gasteiger partial charge in [-0.1, -0.05) is 78.9 Å². The summed E-state index contributed by atoms with van der Waals surface area (Å²) < 4.78 is 0. The van der Waals surface area contributed by atoms with Gasteiger partial charge in [0.1, 0.15) is 23.9 Å². The summed E-state index contributed by atoms with van der Waals surface area (Å²) in [4.78, 5) is 59.5. The third-order valence-corrected chi connectivity index (χ3v) is 8.72. The van der Waals surface area contributed by atoms with Crippen LogP contribution in [0.15, 0.2) is 108 Å². The predicted octanol–water partition coefficient (Wildman–Crippen LogP) is 3.49. The number of aromatic hydroxyl groups is 1. The summed E-state index contributed by atoms with van der Waals surface area (Å²) in [6, 6.07) is 25.2. The lowest BCUT2D eigenvalue weighted by atomic mass is 9.92. The Morgan fingerprint density at radius 3 is 2.04 bits per heavy atom. The lowest BCUT2D eigenvalue weighted by Crippen LogP contribution is -2.60. The molecule has 0 fully saturated rings. The maximum Gasteiger partial charge on any atom is 0.326 e. The van der Waals surface area contributed by atoms with Gasteiger partial charge in [0.2, 0.25) is 17.7 Å². The van der Waals surface area contributed by atoms with E-state index in [0.29, 0.717) is 16.8 Å². The molecular formula is C38H37N5O6S. The SMILES string of the molecule is N[C@@H](Cc1ccc(O)cc1)C(=O)N1Cc2ccccc2C[C@H]1C(=O)N[C@@H](Cc1ccc(N=C=S)cc1)C(=O)N[C@@H](Cc1ccccc1)C(=O)O. The van der Waals surface area contributed by atoms with Crippen LogP contribution in [0.1, 0.15) is 27.8 Å². The number of hydrogen-bond donors (Lipinski definition) is 5. The Bertz CT molecular complexity index is 1880. The molecule has 0 saturated heterocycles. The van der Waals surface area contributed by atoms with Crippen LogP contribution < -0.4 is 16.4 Å². The first-order valence-corrected chi connectivity index (χ1v) is 16.5. The van der Waals surface area contributed by atoms with Gasteiger partial charge in [-0.3, -0.25) is 14.4 Å². The molecule has 11 nitrogen and oxygen atoms in total. The number of nitrogens with zero attached hydrogens (tertiary/aromatic N) is 2. The fourth-order valence-electron chi connectivity index (χ4n) is 5.97. The highest BCUT2D eigenvalue weighted by Gasteiger charge is 2.38. The highest BCUT2D eigenvalue weighted by atomic mass is 32.1. The van der Waals surface area contributed by atoms with E-state index < -0.39 is 47.9 Å². The van der Waals surface area contributed by atoms with Gasteiger partial charge in [0.15, 0.2) is 0 Å². The van der Waals surface area contributed by atoms with Gasteiger partial charge in [-0.2, -0.15) is 4.99 Å². The second-order valence-corrected chi connectivity index (χ2v) is 12.3. The number of carbonyl (C=O) groups excluding carboxylic acids is 3. The molecule has 50 heavy (non-hydrogen) atoms. The minimum absolute atomic E-state index is 0.0223. The number of carboxylic acids is 1. The second-order valence-electron chi connectivity index (χ2n) is 12.2. The van der Waals surface area contributed by atoms with Crippen LogP contribution in [0, 0.1) is 0 Å². The van der Waals surface area contributed by atoms with Gasteiger partial charge in [0.25, 0.3) is 0 Å². The van der Waals surface area contributed by atoms with Gasteiger partial charge >= 0.3 is 5.97 Å². The van der Waals surface area contributed by atoms with Crippen molar-refractivity contribution in [2.45, 2.75) is 56.4 Å². The number of aliphatic carboxylic acids is 1. The first-order chi connectivity index (χ1) is 24.1. The van der Waals surface area contributed by atoms with E-state index in [1.807, 2.05) is 30.3 Å². The standard InChI is InChI=1S/C38H37N5O6S/c39-31(18-25-12-16-30(44)17-13-25)37(47)43-22-28-9-5-4-8-27(28)21-34(43)36(46)41-32(19-26-10-14-29(15-11-26)40-23-50)35(45)42-33(38(48)49)20-24-6-2-1-3-7-24/h1-17,31-34,44H,18-22,39H2,(H,41,46)(H,42,45)(H,48,49)/t31-,32-,33-,34-/m0/s1. The number of rotatable bonds is 13. The lowest BCUT2D eigenvalue weighted by Gasteiger charge is -2.38. The molecule has 1 aliphatic heterocycles. The normalized spacial score (nSPS) is 15.4. The summed E-state index contributed by atoms with van der Waals surface area (Å²) in [5, 5.41) is 27.4. The van der Waals surface area contributed by atoms with Gasteiger partial charge in [-0.05, 0) is 70.7 Å². The minimum Gasteiger partial charge on any atom is -0.508 e. The van der Waals surface area contributed by atoms with Crippen molar-refractivity contribution in [1.82, 2.24) is 15.5 Å². The van der Waals surface area contributed by atoms with Crippen LogP contribution in [0.2, 0.25) is 0 Å². The van der Waals surface area contributed by atoms with Crippen LogP contribution >= 0.6 is 12.2 Å². The average Bonchev–Trinajstić information content (AvgIpc) is 3.12. The third-order valence-electron chi connectivity index (χ3n) is 8.62. The summed E-state index contributed by atoms with van der Waals surface area (Å²) in [5.41, 5.74) is 10.8. The van der Waals surface area contributed by atoms with Gasteiger partial charge in [-0.15, -0.1) is 0 Å². The lowest BCUT2D eigenvalue weighted by molar-refractivity contribution is -0.144. The fraction of sp³-hybridized carbons (Fsp3) is 0.237. The quantitative estimate of drug-likeness (QED) is 0.105. The highest BCUT2D eigenvalue weighted by Crippen LogP contribution is 2.25. The topological polar surface area (TPSA) is 174 Å². The van der Waals surface area contributed by atoms with E-state index in [2.05, 4.69) is 33.0 Å². The zero-order valence-electron chi connectivity index (χ0n) is 27.1. The molecule has 0 spiro atoms. The maximum absolute atomic E-state index is 14.2. The van der Waals surface area contributed by atoms with Crippen LogP contribution in [0.25, 0.3) is 0 Å². The summed E-state index contributed by atoms with van der Waals surface area (Å²) in [7, 11) is 0. The Labute approximate surface area is 294 Å². The Kier molecular flexibility index (Phi) is 11.8. The number of fused-ring (bicyclic) bond motifs is 1. The number of aliphatic imine (C=N–C) groups is 1. The molecule has 12 heteroatoms. The number of nitrogens with two attached hydrogens (primary N) is 1. The number of thiocarbonyl (C=S) groups is 1. The number of phenolic OH excluding ortho intramolecular Hbond substituents is 1. The van der Waals surface area contributed by atoms with Crippen LogP contribution in [0.4, 0.5) is 5.69 Å². The maximum atomic E-state index is 14.2. The van der Waals surface area contributed by atoms with E-state index >= 15 is 0 Å². The van der Waals surface area contributed by atoms with Gasteiger partial charge in [0.05, 0.1) is 16.9 Å². The van der Waals surface area contributed by atoms with E-state index in [1.165, 1.54) is 17.0 Å². The molecule has 4 aromatic carbocycles. The van der Waals surface area contributed by atoms with E-state index in [4.69, 9.17) is 5.73 Å². The molecule has 4 aromatic rings. The molecule has 0 unspecified atom stereocenters. The molecule has 0 radical (unpaired) electrons. The van der Waals surface area contributed by atoms with Crippen molar-refractivity contribution in [3.05, 3.63) is 131 Å². The van der Waals surface area contributed by atoms with E-state index in [9.17, 15) is 29.4 Å². The molecule has 1 heterocycles.